The normalized spacial score (nSPS) is 14.1. The number of hydrogen-bond donors (Lipinski definition) is 2. The van der Waals surface area contributed by atoms with Crippen molar-refractivity contribution in [2.45, 2.75) is 129 Å². The van der Waals surface area contributed by atoms with Crippen molar-refractivity contribution in [2.75, 3.05) is 19.6 Å². The third kappa shape index (κ3) is 20.2. The van der Waals surface area contributed by atoms with Gasteiger partial charge in [0.1, 0.15) is 0 Å². The lowest BCUT2D eigenvalue weighted by molar-refractivity contribution is 0.0825. The van der Waals surface area contributed by atoms with Gasteiger partial charge in [0.2, 0.25) is 0 Å². The first-order chi connectivity index (χ1) is 12.6. The van der Waals surface area contributed by atoms with Gasteiger partial charge < -0.3 is 10.2 Å². The van der Waals surface area contributed by atoms with E-state index in [1.54, 1.807) is 0 Å². The lowest BCUT2D eigenvalue weighted by Crippen LogP contribution is -2.36. The maximum Gasteiger partial charge on any atom is 0.0639 e. The molecule has 0 heterocycles. The van der Waals surface area contributed by atoms with E-state index in [0.29, 0.717) is 13.1 Å². The fraction of sp³-hybridized carbons (Fsp3) is 1.00. The van der Waals surface area contributed by atoms with E-state index in [1.165, 1.54) is 96.3 Å². The molecule has 0 fully saturated rings. The second-order valence-corrected chi connectivity index (χ2v) is 8.41. The molecule has 0 aromatic rings. The minimum atomic E-state index is -0.315. The van der Waals surface area contributed by atoms with E-state index in [9.17, 15) is 10.2 Å². The fourth-order valence-electron chi connectivity index (χ4n) is 3.71. The molecule has 3 heteroatoms. The van der Waals surface area contributed by atoms with Gasteiger partial charge >= 0.3 is 0 Å². The predicted molar refractivity (Wildman–Crippen MR) is 115 cm³/mol. The first-order valence-corrected chi connectivity index (χ1v) is 11.6. The Balaban J connectivity index is 3.31. The Hall–Kier alpha value is -0.120. The molecule has 0 aliphatic heterocycles. The monoisotopic (exact) mass is 371 g/mol. The van der Waals surface area contributed by atoms with E-state index >= 15 is 0 Å². The molecular weight excluding hydrogens is 322 g/mol. The molecule has 0 amide bonds. The predicted octanol–water partition coefficient (Wildman–Crippen LogP) is 5.92. The molecule has 0 spiro atoms. The van der Waals surface area contributed by atoms with Crippen LogP contribution in [-0.2, 0) is 0 Å². The number of hydrogen-bond acceptors (Lipinski definition) is 3. The zero-order chi connectivity index (χ0) is 19.5. The number of aliphatic hydroxyl groups excluding tert-OH is 2. The summed E-state index contributed by atoms with van der Waals surface area (Å²) < 4.78 is 0. The van der Waals surface area contributed by atoms with E-state index < -0.39 is 0 Å². The first kappa shape index (κ1) is 25.9. The molecule has 0 radical (unpaired) electrons. The van der Waals surface area contributed by atoms with Crippen LogP contribution in [0.2, 0.25) is 0 Å². The summed E-state index contributed by atoms with van der Waals surface area (Å²) >= 11 is 0. The average molecular weight is 372 g/mol. The molecule has 0 aromatic heterocycles. The molecule has 2 unspecified atom stereocenters. The summed E-state index contributed by atoms with van der Waals surface area (Å²) in [5.41, 5.74) is 0. The zero-order valence-electron chi connectivity index (χ0n) is 18.2. The Labute approximate surface area is 164 Å². The van der Waals surface area contributed by atoms with Gasteiger partial charge in [0, 0.05) is 13.1 Å². The highest BCUT2D eigenvalue weighted by Crippen LogP contribution is 2.13. The van der Waals surface area contributed by atoms with Crippen LogP contribution in [0.5, 0.6) is 0 Å². The van der Waals surface area contributed by atoms with Crippen LogP contribution in [-0.4, -0.2) is 47.0 Å². The van der Waals surface area contributed by atoms with Crippen molar-refractivity contribution in [2.24, 2.45) is 0 Å². The summed E-state index contributed by atoms with van der Waals surface area (Å²) in [5, 5.41) is 19.1. The lowest BCUT2D eigenvalue weighted by Gasteiger charge is -2.24. The molecular formula is C23H49NO2. The third-order valence-corrected chi connectivity index (χ3v) is 5.12. The number of unbranched alkanes of at least 4 members (excludes halogenated alkanes) is 14. The summed E-state index contributed by atoms with van der Waals surface area (Å²) in [4.78, 5) is 2.19. The highest BCUT2D eigenvalue weighted by atomic mass is 16.3. The van der Waals surface area contributed by atoms with Crippen LogP contribution in [0.25, 0.3) is 0 Å². The Bertz CT molecular complexity index is 259. The van der Waals surface area contributed by atoms with Gasteiger partial charge in [0.15, 0.2) is 0 Å². The Kier molecular flexibility index (Phi) is 19.5. The second kappa shape index (κ2) is 19.6. The number of aliphatic hydroxyl groups is 2. The molecule has 0 aliphatic carbocycles. The van der Waals surface area contributed by atoms with Crippen molar-refractivity contribution < 1.29 is 10.2 Å². The minimum absolute atomic E-state index is 0.315. The number of rotatable bonds is 20. The van der Waals surface area contributed by atoms with Gasteiger partial charge in [0.05, 0.1) is 12.2 Å². The largest absolute Gasteiger partial charge is 0.392 e. The van der Waals surface area contributed by atoms with E-state index in [0.717, 1.165) is 6.54 Å². The third-order valence-electron chi connectivity index (χ3n) is 5.12. The standard InChI is InChI=1S/C23H49NO2/c1-4-5-6-7-8-9-10-11-12-13-14-15-16-17-18-19-24(20-22(2)25)21-23(3)26/h22-23,25-26H,4-21H2,1-3H3. The molecule has 0 saturated carbocycles. The van der Waals surface area contributed by atoms with Crippen LogP contribution in [0.3, 0.4) is 0 Å². The molecule has 0 aliphatic rings. The second-order valence-electron chi connectivity index (χ2n) is 8.41. The molecule has 0 aromatic carbocycles. The van der Waals surface area contributed by atoms with Crippen molar-refractivity contribution in [3.63, 3.8) is 0 Å². The van der Waals surface area contributed by atoms with Crippen LogP contribution >= 0.6 is 0 Å². The average Bonchev–Trinajstić information content (AvgIpc) is 2.57. The summed E-state index contributed by atoms with van der Waals surface area (Å²) in [6, 6.07) is 0. The van der Waals surface area contributed by atoms with Crippen molar-refractivity contribution in [1.29, 1.82) is 0 Å². The topological polar surface area (TPSA) is 43.7 Å². The first-order valence-electron chi connectivity index (χ1n) is 11.6. The van der Waals surface area contributed by atoms with Gasteiger partial charge in [-0.25, -0.2) is 0 Å². The smallest absolute Gasteiger partial charge is 0.0639 e. The maximum atomic E-state index is 9.54. The fourth-order valence-corrected chi connectivity index (χ4v) is 3.71. The van der Waals surface area contributed by atoms with Crippen molar-refractivity contribution in [3.05, 3.63) is 0 Å². The minimum Gasteiger partial charge on any atom is -0.392 e. The van der Waals surface area contributed by atoms with Gasteiger partial charge in [0.25, 0.3) is 0 Å². The Morgan fingerprint density at radius 3 is 1.15 bits per heavy atom. The molecule has 0 bridgehead atoms. The van der Waals surface area contributed by atoms with Gasteiger partial charge in [-0.15, -0.1) is 0 Å². The molecule has 26 heavy (non-hydrogen) atoms. The molecule has 3 nitrogen and oxygen atoms in total. The van der Waals surface area contributed by atoms with Gasteiger partial charge in [-0.3, -0.25) is 4.90 Å². The summed E-state index contributed by atoms with van der Waals surface area (Å²) in [5.74, 6) is 0. The maximum absolute atomic E-state index is 9.54. The van der Waals surface area contributed by atoms with Crippen LogP contribution < -0.4 is 0 Å². The summed E-state index contributed by atoms with van der Waals surface area (Å²) in [6.45, 7) is 8.26. The molecule has 2 atom stereocenters. The van der Waals surface area contributed by atoms with Crippen LogP contribution in [0.15, 0.2) is 0 Å². The summed E-state index contributed by atoms with van der Waals surface area (Å²) in [7, 11) is 0. The molecule has 0 rings (SSSR count). The van der Waals surface area contributed by atoms with Gasteiger partial charge in [-0.05, 0) is 26.8 Å². The summed E-state index contributed by atoms with van der Waals surface area (Å²) in [6.07, 6.45) is 20.1. The highest BCUT2D eigenvalue weighted by Gasteiger charge is 2.10. The van der Waals surface area contributed by atoms with Gasteiger partial charge in [-0.2, -0.15) is 0 Å². The van der Waals surface area contributed by atoms with Crippen molar-refractivity contribution in [1.82, 2.24) is 4.90 Å². The van der Waals surface area contributed by atoms with Crippen LogP contribution in [0.4, 0.5) is 0 Å². The molecule has 2 N–H and O–H groups in total. The molecule has 0 saturated heterocycles. The highest BCUT2D eigenvalue weighted by molar-refractivity contribution is 4.64. The van der Waals surface area contributed by atoms with Crippen LogP contribution in [0.1, 0.15) is 117 Å². The Morgan fingerprint density at radius 2 is 0.846 bits per heavy atom. The quantitative estimate of drug-likeness (QED) is 0.261. The van der Waals surface area contributed by atoms with Crippen LogP contribution in [0, 0.1) is 0 Å². The van der Waals surface area contributed by atoms with E-state index in [2.05, 4.69) is 11.8 Å². The number of nitrogens with zero attached hydrogens (tertiary/aromatic N) is 1. The van der Waals surface area contributed by atoms with Crippen molar-refractivity contribution in [3.8, 4) is 0 Å². The lowest BCUT2D eigenvalue weighted by atomic mass is 10.0. The Morgan fingerprint density at radius 1 is 0.538 bits per heavy atom. The zero-order valence-corrected chi connectivity index (χ0v) is 18.2. The van der Waals surface area contributed by atoms with E-state index in [4.69, 9.17) is 0 Å². The van der Waals surface area contributed by atoms with Crippen molar-refractivity contribution >= 4 is 0 Å². The van der Waals surface area contributed by atoms with E-state index in [-0.39, 0.29) is 12.2 Å². The van der Waals surface area contributed by atoms with Gasteiger partial charge in [-0.1, -0.05) is 96.8 Å². The SMILES string of the molecule is CCCCCCCCCCCCCCCCCN(CC(C)O)CC(C)O. The van der Waals surface area contributed by atoms with E-state index in [1.807, 2.05) is 13.8 Å². The molecule has 158 valence electrons.